The van der Waals surface area contributed by atoms with Crippen molar-refractivity contribution in [3.05, 3.63) is 58.3 Å². The molecule has 3 atom stereocenters. The number of rotatable bonds is 4. The fourth-order valence-corrected chi connectivity index (χ4v) is 4.03. The van der Waals surface area contributed by atoms with E-state index in [2.05, 4.69) is 67.0 Å². The highest BCUT2D eigenvalue weighted by Crippen LogP contribution is 2.29. The molecule has 1 aliphatic heterocycles. The zero-order chi connectivity index (χ0) is 14.7. The molecule has 112 valence electrons. The van der Waals surface area contributed by atoms with Crippen LogP contribution in [0, 0.1) is 0 Å². The average molecular weight is 301 g/mol. The van der Waals surface area contributed by atoms with E-state index in [1.165, 1.54) is 10.4 Å². The zero-order valence-electron chi connectivity index (χ0n) is 12.7. The maximum Gasteiger partial charge on any atom is 0.0673 e. The molecule has 1 aliphatic rings. The van der Waals surface area contributed by atoms with Gasteiger partial charge in [-0.25, -0.2) is 0 Å². The molecule has 3 unspecified atom stereocenters. The molecule has 3 rings (SSSR count). The first kappa shape index (κ1) is 14.8. The van der Waals surface area contributed by atoms with Gasteiger partial charge in [-0.15, -0.1) is 11.3 Å². The maximum absolute atomic E-state index is 5.86. The van der Waals surface area contributed by atoms with E-state index in [1.54, 1.807) is 0 Å². The van der Waals surface area contributed by atoms with E-state index < -0.39 is 0 Å². The van der Waals surface area contributed by atoms with Gasteiger partial charge in [0.15, 0.2) is 0 Å². The van der Waals surface area contributed by atoms with Crippen LogP contribution in [0.15, 0.2) is 47.8 Å². The lowest BCUT2D eigenvalue weighted by Gasteiger charge is -2.35. The van der Waals surface area contributed by atoms with Crippen molar-refractivity contribution in [1.82, 2.24) is 5.32 Å². The quantitative estimate of drug-likeness (QED) is 0.904. The predicted molar refractivity (Wildman–Crippen MR) is 88.8 cm³/mol. The maximum atomic E-state index is 5.86. The van der Waals surface area contributed by atoms with Gasteiger partial charge >= 0.3 is 0 Å². The molecule has 1 fully saturated rings. The molecule has 0 radical (unpaired) electrons. The zero-order valence-corrected chi connectivity index (χ0v) is 13.5. The van der Waals surface area contributed by atoms with Gasteiger partial charge < -0.3 is 10.1 Å². The van der Waals surface area contributed by atoms with E-state index in [1.807, 2.05) is 11.3 Å². The van der Waals surface area contributed by atoms with Crippen molar-refractivity contribution < 1.29 is 4.74 Å². The number of hydrogen-bond acceptors (Lipinski definition) is 3. The monoisotopic (exact) mass is 301 g/mol. The second-order valence-corrected chi connectivity index (χ2v) is 6.93. The number of nitrogens with one attached hydrogen (secondary N) is 1. The highest BCUT2D eigenvalue weighted by molar-refractivity contribution is 7.10. The van der Waals surface area contributed by atoms with Crippen LogP contribution in [0.4, 0.5) is 0 Å². The normalized spacial score (nSPS) is 27.4. The van der Waals surface area contributed by atoms with Crippen molar-refractivity contribution in [3.63, 3.8) is 0 Å². The van der Waals surface area contributed by atoms with Crippen LogP contribution in [0.5, 0.6) is 0 Å². The van der Waals surface area contributed by atoms with Crippen molar-refractivity contribution in [2.24, 2.45) is 0 Å². The number of hydrogen-bond donors (Lipinski definition) is 1. The molecular weight excluding hydrogens is 278 g/mol. The number of thiophene rings is 1. The third-order valence-electron chi connectivity index (χ3n) is 4.06. The molecule has 3 heteroatoms. The lowest BCUT2D eigenvalue weighted by atomic mass is 9.97. The van der Waals surface area contributed by atoms with Gasteiger partial charge in [0.2, 0.25) is 0 Å². The Bertz CT molecular complexity index is 530. The Morgan fingerprint density at radius 2 is 1.76 bits per heavy atom. The van der Waals surface area contributed by atoms with Crippen LogP contribution in [-0.4, -0.2) is 18.2 Å². The van der Waals surface area contributed by atoms with E-state index in [0.717, 1.165) is 12.8 Å². The molecule has 0 amide bonds. The minimum Gasteiger partial charge on any atom is -0.375 e. The lowest BCUT2D eigenvalue weighted by molar-refractivity contribution is -0.0430. The molecule has 1 aromatic carbocycles. The fraction of sp³-hybridized carbons (Fsp3) is 0.444. The second-order valence-electron chi connectivity index (χ2n) is 5.95. The van der Waals surface area contributed by atoms with E-state index >= 15 is 0 Å². The van der Waals surface area contributed by atoms with Gasteiger partial charge in [0, 0.05) is 10.9 Å². The summed E-state index contributed by atoms with van der Waals surface area (Å²) in [7, 11) is 0. The predicted octanol–water partition coefficient (Wildman–Crippen LogP) is 4.38. The Labute approximate surface area is 131 Å². The first-order valence-corrected chi connectivity index (χ1v) is 8.60. The highest BCUT2D eigenvalue weighted by atomic mass is 32.1. The molecule has 0 bridgehead atoms. The lowest BCUT2D eigenvalue weighted by Crippen LogP contribution is -2.42. The van der Waals surface area contributed by atoms with Gasteiger partial charge in [0.25, 0.3) is 0 Å². The van der Waals surface area contributed by atoms with Crippen LogP contribution in [0.3, 0.4) is 0 Å². The Morgan fingerprint density at radius 3 is 2.38 bits per heavy atom. The molecule has 1 N–H and O–H groups in total. The number of ether oxygens (including phenoxy) is 1. The highest BCUT2D eigenvalue weighted by Gasteiger charge is 2.27. The van der Waals surface area contributed by atoms with Crippen molar-refractivity contribution in [1.29, 1.82) is 0 Å². The van der Waals surface area contributed by atoms with Gasteiger partial charge in [-0.3, -0.25) is 0 Å². The molecule has 0 spiro atoms. The standard InChI is InChI=1S/C18H23NOS/c1-13-11-16(12-14(2)20-13)19-18(17-9-6-10-21-17)15-7-4-3-5-8-15/h3-10,13-14,16,18-19H,11-12H2,1-2H3. The first-order valence-electron chi connectivity index (χ1n) is 7.72. The molecular formula is C18H23NOS. The molecule has 0 aliphatic carbocycles. The summed E-state index contributed by atoms with van der Waals surface area (Å²) in [6.45, 7) is 4.35. The van der Waals surface area contributed by atoms with Crippen molar-refractivity contribution in [3.8, 4) is 0 Å². The van der Waals surface area contributed by atoms with Gasteiger partial charge in [-0.2, -0.15) is 0 Å². The van der Waals surface area contributed by atoms with Crippen molar-refractivity contribution in [2.75, 3.05) is 0 Å². The fourth-order valence-electron chi connectivity index (χ4n) is 3.22. The Hall–Kier alpha value is -1.16. The van der Waals surface area contributed by atoms with Crippen LogP contribution < -0.4 is 5.32 Å². The Balaban J connectivity index is 1.80. The van der Waals surface area contributed by atoms with Crippen molar-refractivity contribution >= 4 is 11.3 Å². The van der Waals surface area contributed by atoms with Crippen LogP contribution in [0.2, 0.25) is 0 Å². The molecule has 0 saturated carbocycles. The van der Waals surface area contributed by atoms with Crippen LogP contribution >= 0.6 is 11.3 Å². The molecule has 1 saturated heterocycles. The second kappa shape index (κ2) is 6.73. The molecule has 2 heterocycles. The minimum absolute atomic E-state index is 0.286. The molecule has 2 nitrogen and oxygen atoms in total. The molecule has 2 aromatic rings. The van der Waals surface area contributed by atoms with Crippen LogP contribution in [0.1, 0.15) is 43.2 Å². The summed E-state index contributed by atoms with van der Waals surface area (Å²) in [5, 5.41) is 6.02. The first-order chi connectivity index (χ1) is 10.2. The largest absolute Gasteiger partial charge is 0.375 e. The van der Waals surface area contributed by atoms with Crippen LogP contribution in [-0.2, 0) is 4.74 Å². The Morgan fingerprint density at radius 1 is 1.05 bits per heavy atom. The topological polar surface area (TPSA) is 21.3 Å². The van der Waals surface area contributed by atoms with E-state index in [9.17, 15) is 0 Å². The van der Waals surface area contributed by atoms with Gasteiger partial charge in [-0.05, 0) is 43.7 Å². The summed E-state index contributed by atoms with van der Waals surface area (Å²) >= 11 is 1.82. The molecule has 1 aromatic heterocycles. The van der Waals surface area contributed by atoms with Gasteiger partial charge in [0.1, 0.15) is 0 Å². The van der Waals surface area contributed by atoms with Gasteiger partial charge in [-0.1, -0.05) is 36.4 Å². The van der Waals surface area contributed by atoms with Gasteiger partial charge in [0.05, 0.1) is 18.2 Å². The third kappa shape index (κ3) is 3.73. The average Bonchev–Trinajstić information content (AvgIpc) is 2.98. The van der Waals surface area contributed by atoms with Crippen molar-refractivity contribution in [2.45, 2.75) is 51.0 Å². The minimum atomic E-state index is 0.286. The van der Waals surface area contributed by atoms with E-state index in [4.69, 9.17) is 4.74 Å². The summed E-state index contributed by atoms with van der Waals surface area (Å²) in [6, 6.07) is 15.9. The summed E-state index contributed by atoms with van der Waals surface area (Å²) in [4.78, 5) is 1.38. The smallest absolute Gasteiger partial charge is 0.0673 e. The summed E-state index contributed by atoms with van der Waals surface area (Å²) in [5.41, 5.74) is 1.34. The van der Waals surface area contributed by atoms with Crippen LogP contribution in [0.25, 0.3) is 0 Å². The number of benzene rings is 1. The summed E-state index contributed by atoms with van der Waals surface area (Å²) in [5.74, 6) is 0. The SMILES string of the molecule is CC1CC(NC(c2ccccc2)c2cccs2)CC(C)O1. The van der Waals surface area contributed by atoms with E-state index in [0.29, 0.717) is 18.2 Å². The Kier molecular flexibility index (Phi) is 4.73. The summed E-state index contributed by atoms with van der Waals surface area (Å²) in [6.07, 6.45) is 2.84. The molecule has 21 heavy (non-hydrogen) atoms. The summed E-state index contributed by atoms with van der Waals surface area (Å²) < 4.78 is 5.86. The third-order valence-corrected chi connectivity index (χ3v) is 5.00. The van der Waals surface area contributed by atoms with E-state index in [-0.39, 0.29) is 6.04 Å².